The fourth-order valence-electron chi connectivity index (χ4n) is 3.63. The molecule has 0 aliphatic carbocycles. The van der Waals surface area contributed by atoms with Gasteiger partial charge in [-0.25, -0.2) is 4.79 Å². The molecule has 2 N–H and O–H groups in total. The van der Waals surface area contributed by atoms with E-state index in [2.05, 4.69) is 10.3 Å². The van der Waals surface area contributed by atoms with Crippen molar-refractivity contribution in [1.82, 2.24) is 15.2 Å². The number of amides is 1. The molecule has 0 spiro atoms. The van der Waals surface area contributed by atoms with Crippen molar-refractivity contribution in [1.29, 1.82) is 0 Å². The molecule has 4 heterocycles. The number of aromatic nitrogens is 1. The Morgan fingerprint density at radius 2 is 2.27 bits per heavy atom. The Kier molecular flexibility index (Phi) is 2.87. The zero-order valence-corrected chi connectivity index (χ0v) is 11.8. The molecule has 0 radical (unpaired) electrons. The van der Waals surface area contributed by atoms with Crippen LogP contribution in [-0.2, 0) is 9.59 Å². The highest BCUT2D eigenvalue weighted by Gasteiger charge is 2.59. The van der Waals surface area contributed by atoms with E-state index in [9.17, 15) is 14.7 Å². The van der Waals surface area contributed by atoms with Crippen molar-refractivity contribution < 1.29 is 14.7 Å². The summed E-state index contributed by atoms with van der Waals surface area (Å²) < 4.78 is 0. The first-order valence-corrected chi connectivity index (χ1v) is 7.29. The molecule has 0 bridgehead atoms. The van der Waals surface area contributed by atoms with E-state index in [0.717, 1.165) is 12.2 Å². The van der Waals surface area contributed by atoms with Crippen LogP contribution in [0.4, 0.5) is 0 Å². The second-order valence-corrected chi connectivity index (χ2v) is 5.82. The zero-order valence-electron chi connectivity index (χ0n) is 11.8. The van der Waals surface area contributed by atoms with Gasteiger partial charge in [-0.05, 0) is 36.1 Å². The predicted octanol–water partition coefficient (Wildman–Crippen LogP) is 0.636. The summed E-state index contributed by atoms with van der Waals surface area (Å²) in [6.45, 7) is 0.755. The number of carboxylic acids is 1. The third kappa shape index (κ3) is 1.80. The fourth-order valence-corrected chi connectivity index (χ4v) is 3.63. The van der Waals surface area contributed by atoms with Gasteiger partial charge >= 0.3 is 5.97 Å². The van der Waals surface area contributed by atoms with Gasteiger partial charge in [-0.1, -0.05) is 12.1 Å². The van der Waals surface area contributed by atoms with Crippen LogP contribution >= 0.6 is 0 Å². The number of carbonyl (C=O) groups excluding carboxylic acids is 1. The maximum Gasteiger partial charge on any atom is 0.352 e. The number of carboxylic acid groups (broad SMARTS) is 1. The average molecular weight is 297 g/mol. The van der Waals surface area contributed by atoms with E-state index < -0.39 is 5.97 Å². The SMILES string of the molecule is O=C(O)C1=C(/C=C/c2ccccn2)C[C@@H]2CN[C@@H]3C(=O)N1[C@H]23. The molecule has 0 saturated carbocycles. The van der Waals surface area contributed by atoms with Crippen LogP contribution in [0.25, 0.3) is 6.08 Å². The summed E-state index contributed by atoms with van der Waals surface area (Å²) in [7, 11) is 0. The lowest BCUT2D eigenvalue weighted by Crippen LogP contribution is -2.68. The van der Waals surface area contributed by atoms with E-state index >= 15 is 0 Å². The molecule has 0 aromatic carbocycles. The number of carbonyl (C=O) groups is 2. The molecule has 0 unspecified atom stereocenters. The van der Waals surface area contributed by atoms with Crippen molar-refractivity contribution in [2.75, 3.05) is 6.54 Å². The number of nitrogens with zero attached hydrogens (tertiary/aromatic N) is 2. The van der Waals surface area contributed by atoms with Crippen LogP contribution in [0.2, 0.25) is 0 Å². The summed E-state index contributed by atoms with van der Waals surface area (Å²) in [6.07, 6.45) is 5.93. The summed E-state index contributed by atoms with van der Waals surface area (Å²) in [6, 6.07) is 5.37. The number of rotatable bonds is 3. The van der Waals surface area contributed by atoms with Crippen LogP contribution < -0.4 is 5.32 Å². The lowest BCUT2D eigenvalue weighted by molar-refractivity contribution is -0.153. The van der Waals surface area contributed by atoms with E-state index in [1.54, 1.807) is 18.3 Å². The third-order valence-corrected chi connectivity index (χ3v) is 4.60. The highest BCUT2D eigenvalue weighted by atomic mass is 16.4. The minimum Gasteiger partial charge on any atom is -0.477 e. The van der Waals surface area contributed by atoms with Crippen LogP contribution in [-0.4, -0.2) is 45.5 Å². The normalized spacial score (nSPS) is 29.7. The van der Waals surface area contributed by atoms with E-state index in [4.69, 9.17) is 0 Å². The third-order valence-electron chi connectivity index (χ3n) is 4.60. The van der Waals surface area contributed by atoms with Crippen LogP contribution in [0.3, 0.4) is 0 Å². The van der Waals surface area contributed by atoms with Gasteiger partial charge in [-0.2, -0.15) is 0 Å². The van der Waals surface area contributed by atoms with Crippen molar-refractivity contribution in [3.8, 4) is 0 Å². The zero-order chi connectivity index (χ0) is 15.3. The molecule has 2 saturated heterocycles. The molecule has 4 rings (SSSR count). The number of allylic oxidation sites excluding steroid dienone is 2. The largest absolute Gasteiger partial charge is 0.477 e. The number of nitrogens with one attached hydrogen (secondary N) is 1. The monoisotopic (exact) mass is 297 g/mol. The Balaban J connectivity index is 1.72. The Hall–Kier alpha value is -2.47. The first-order valence-electron chi connectivity index (χ1n) is 7.29. The lowest BCUT2D eigenvalue weighted by atomic mass is 9.79. The highest BCUT2D eigenvalue weighted by Crippen LogP contribution is 2.43. The second-order valence-electron chi connectivity index (χ2n) is 5.82. The Morgan fingerprint density at radius 3 is 3.00 bits per heavy atom. The standard InChI is InChI=1S/C16H15N3O3/c20-15-12-13-10(8-18-12)7-9(14(16(21)22)19(13)15)4-5-11-3-1-2-6-17-11/h1-6,10,12-13,18H,7-8H2,(H,21,22)/b5-4+/t10-,12+,13-/m1/s1. The predicted molar refractivity (Wildman–Crippen MR) is 78.5 cm³/mol. The molecular formula is C16H15N3O3. The van der Waals surface area contributed by atoms with E-state index in [0.29, 0.717) is 12.0 Å². The van der Waals surface area contributed by atoms with Crippen LogP contribution in [0.15, 0.2) is 41.7 Å². The molecule has 2 fully saturated rings. The number of aliphatic carboxylic acids is 1. The van der Waals surface area contributed by atoms with Crippen molar-refractivity contribution in [3.05, 3.63) is 47.4 Å². The molecule has 112 valence electrons. The van der Waals surface area contributed by atoms with Gasteiger partial charge in [-0.15, -0.1) is 0 Å². The molecule has 1 aromatic rings. The molecule has 3 aliphatic heterocycles. The smallest absolute Gasteiger partial charge is 0.352 e. The molecule has 1 amide bonds. The van der Waals surface area contributed by atoms with Gasteiger partial charge < -0.3 is 10.4 Å². The van der Waals surface area contributed by atoms with Crippen molar-refractivity contribution in [2.24, 2.45) is 5.92 Å². The second kappa shape index (κ2) is 4.78. The molecule has 3 atom stereocenters. The quantitative estimate of drug-likeness (QED) is 0.800. The molecule has 3 aliphatic rings. The number of β-lactam (4-membered cyclic amide) rings is 1. The summed E-state index contributed by atoms with van der Waals surface area (Å²) in [5.41, 5.74) is 1.58. The van der Waals surface area contributed by atoms with Crippen molar-refractivity contribution in [3.63, 3.8) is 0 Å². The minimum atomic E-state index is -1.04. The van der Waals surface area contributed by atoms with Gasteiger partial charge in [0.05, 0.1) is 11.7 Å². The summed E-state index contributed by atoms with van der Waals surface area (Å²) in [5.74, 6) is -0.889. The average Bonchev–Trinajstić information content (AvgIpc) is 2.93. The summed E-state index contributed by atoms with van der Waals surface area (Å²) in [5, 5.41) is 12.7. The molecule has 6 heteroatoms. The van der Waals surface area contributed by atoms with Crippen LogP contribution in [0.1, 0.15) is 12.1 Å². The maximum absolute atomic E-state index is 12.1. The first-order chi connectivity index (χ1) is 10.7. The van der Waals surface area contributed by atoms with Gasteiger partial charge in [0.15, 0.2) is 0 Å². The van der Waals surface area contributed by atoms with Crippen molar-refractivity contribution in [2.45, 2.75) is 18.5 Å². The van der Waals surface area contributed by atoms with Crippen LogP contribution in [0.5, 0.6) is 0 Å². The summed E-state index contributed by atoms with van der Waals surface area (Å²) >= 11 is 0. The van der Waals surface area contributed by atoms with Gasteiger partial charge in [0.2, 0.25) is 5.91 Å². The maximum atomic E-state index is 12.1. The lowest BCUT2D eigenvalue weighted by Gasteiger charge is -2.48. The minimum absolute atomic E-state index is 0.00519. The Morgan fingerprint density at radius 1 is 1.41 bits per heavy atom. The molecule has 6 nitrogen and oxygen atoms in total. The molecule has 1 aromatic heterocycles. The number of hydrogen-bond donors (Lipinski definition) is 2. The topological polar surface area (TPSA) is 82.5 Å². The van der Waals surface area contributed by atoms with Gasteiger partial charge in [0.1, 0.15) is 11.7 Å². The Labute approximate surface area is 127 Å². The molecule has 22 heavy (non-hydrogen) atoms. The van der Waals surface area contributed by atoms with Crippen molar-refractivity contribution >= 4 is 18.0 Å². The van der Waals surface area contributed by atoms with Gasteiger partial charge in [-0.3, -0.25) is 14.7 Å². The first kappa shape index (κ1) is 13.2. The Bertz CT molecular complexity index is 711. The summed E-state index contributed by atoms with van der Waals surface area (Å²) in [4.78, 5) is 29.4. The number of hydrogen-bond acceptors (Lipinski definition) is 4. The van der Waals surface area contributed by atoms with Gasteiger partial charge in [0.25, 0.3) is 0 Å². The van der Waals surface area contributed by atoms with E-state index in [1.807, 2.05) is 18.2 Å². The molecular weight excluding hydrogens is 282 g/mol. The number of pyridine rings is 1. The highest BCUT2D eigenvalue weighted by molar-refractivity contribution is 6.01. The van der Waals surface area contributed by atoms with Gasteiger partial charge in [0, 0.05) is 12.7 Å². The fraction of sp³-hybridized carbons (Fsp3) is 0.312. The van der Waals surface area contributed by atoms with E-state index in [1.165, 1.54) is 4.90 Å². The van der Waals surface area contributed by atoms with E-state index in [-0.39, 0.29) is 29.6 Å². The van der Waals surface area contributed by atoms with Crippen LogP contribution in [0, 0.1) is 5.92 Å².